The summed E-state index contributed by atoms with van der Waals surface area (Å²) < 4.78 is 6.55. The Balaban J connectivity index is 1.47. The molecule has 2 amide bonds. The van der Waals surface area contributed by atoms with Crippen molar-refractivity contribution in [2.45, 2.75) is 44.5 Å². The summed E-state index contributed by atoms with van der Waals surface area (Å²) >= 11 is 6.50. The van der Waals surface area contributed by atoms with Crippen molar-refractivity contribution in [2.24, 2.45) is 10.7 Å². The SMILES string of the molecule is NC(=O)CCCC(Oc1ccc(Cl)c2c1N=C1NC(=O)C(CO)N1C2)N1CCc2ccccc21. The van der Waals surface area contributed by atoms with Gasteiger partial charge in [-0.2, -0.15) is 0 Å². The van der Waals surface area contributed by atoms with Gasteiger partial charge in [-0.05, 0) is 36.6 Å². The van der Waals surface area contributed by atoms with Crippen molar-refractivity contribution in [3.8, 4) is 5.75 Å². The number of hydrogen-bond acceptors (Lipinski definition) is 7. The van der Waals surface area contributed by atoms with Gasteiger partial charge in [-0.3, -0.25) is 14.9 Å². The number of benzene rings is 2. The molecule has 1 fully saturated rings. The van der Waals surface area contributed by atoms with E-state index in [1.165, 1.54) is 5.56 Å². The molecule has 2 unspecified atom stereocenters. The lowest BCUT2D eigenvalue weighted by molar-refractivity contribution is -0.122. The van der Waals surface area contributed by atoms with Gasteiger partial charge in [0.2, 0.25) is 11.9 Å². The number of carbonyl (C=O) groups excluding carboxylic acids is 2. The number of primary amides is 1. The Labute approximate surface area is 202 Å². The molecule has 2 atom stereocenters. The van der Waals surface area contributed by atoms with E-state index in [9.17, 15) is 14.7 Å². The maximum atomic E-state index is 12.2. The fraction of sp³-hybridized carbons (Fsp3) is 0.375. The normalized spacial score (nSPS) is 19.2. The Morgan fingerprint density at radius 1 is 1.32 bits per heavy atom. The van der Waals surface area contributed by atoms with Crippen LogP contribution in [0.3, 0.4) is 0 Å². The number of nitrogens with zero attached hydrogens (tertiary/aromatic N) is 3. The Hall–Kier alpha value is -3.30. The lowest BCUT2D eigenvalue weighted by atomic mass is 10.1. The second-order valence-corrected chi connectivity index (χ2v) is 9.03. The van der Waals surface area contributed by atoms with Crippen LogP contribution in [0.25, 0.3) is 0 Å². The van der Waals surface area contributed by atoms with Gasteiger partial charge in [-0.15, -0.1) is 0 Å². The largest absolute Gasteiger partial charge is 0.468 e. The first-order valence-electron chi connectivity index (χ1n) is 11.3. The van der Waals surface area contributed by atoms with Gasteiger partial charge < -0.3 is 25.4 Å². The van der Waals surface area contributed by atoms with E-state index in [1.807, 2.05) is 12.1 Å². The minimum absolute atomic E-state index is 0.278. The molecule has 1 saturated heterocycles. The number of halogens is 1. The monoisotopic (exact) mass is 483 g/mol. The Morgan fingerprint density at radius 2 is 2.15 bits per heavy atom. The highest BCUT2D eigenvalue weighted by atomic mass is 35.5. The predicted molar refractivity (Wildman–Crippen MR) is 128 cm³/mol. The number of nitrogens with two attached hydrogens (primary N) is 1. The van der Waals surface area contributed by atoms with Crippen LogP contribution in [-0.2, 0) is 22.6 Å². The number of aliphatic hydroxyl groups is 1. The number of amides is 2. The first-order valence-corrected chi connectivity index (χ1v) is 11.7. The number of aliphatic imine (C=N–C) groups is 1. The van der Waals surface area contributed by atoms with Gasteiger partial charge in [-0.25, -0.2) is 4.99 Å². The van der Waals surface area contributed by atoms with Crippen LogP contribution < -0.4 is 20.7 Å². The zero-order valence-corrected chi connectivity index (χ0v) is 19.3. The molecule has 0 spiro atoms. The van der Waals surface area contributed by atoms with E-state index in [1.54, 1.807) is 17.0 Å². The van der Waals surface area contributed by atoms with Crippen molar-refractivity contribution in [3.63, 3.8) is 0 Å². The van der Waals surface area contributed by atoms with Crippen molar-refractivity contribution in [1.29, 1.82) is 0 Å². The van der Waals surface area contributed by atoms with Crippen LogP contribution in [0.2, 0.25) is 5.02 Å². The average molecular weight is 484 g/mol. The Kier molecular flexibility index (Phi) is 6.05. The molecule has 0 aromatic heterocycles. The van der Waals surface area contributed by atoms with Crippen LogP contribution in [-0.4, -0.2) is 53.2 Å². The third-order valence-electron chi connectivity index (χ3n) is 6.50. The van der Waals surface area contributed by atoms with Crippen LogP contribution >= 0.6 is 11.6 Å². The van der Waals surface area contributed by atoms with Crippen LogP contribution in [0.1, 0.15) is 30.4 Å². The van der Waals surface area contributed by atoms with Crippen LogP contribution in [0.5, 0.6) is 5.75 Å². The molecule has 0 aliphatic carbocycles. The summed E-state index contributed by atoms with van der Waals surface area (Å²) in [5.41, 5.74) is 9.03. The molecule has 5 rings (SSSR count). The summed E-state index contributed by atoms with van der Waals surface area (Å²) in [7, 11) is 0. The van der Waals surface area contributed by atoms with Crippen molar-refractivity contribution in [2.75, 3.05) is 18.1 Å². The fourth-order valence-corrected chi connectivity index (χ4v) is 5.00. The Bertz CT molecular complexity index is 1170. The zero-order valence-electron chi connectivity index (χ0n) is 18.5. The molecule has 9 nitrogen and oxygen atoms in total. The third-order valence-corrected chi connectivity index (χ3v) is 6.86. The summed E-state index contributed by atoms with van der Waals surface area (Å²) in [6.45, 7) is 0.810. The lowest BCUT2D eigenvalue weighted by Crippen LogP contribution is -2.40. The number of aliphatic hydroxyl groups excluding tert-OH is 1. The topological polar surface area (TPSA) is 120 Å². The van der Waals surface area contributed by atoms with Gasteiger partial charge in [0.1, 0.15) is 17.5 Å². The molecule has 2 aromatic rings. The molecule has 10 heteroatoms. The molecule has 0 radical (unpaired) electrons. The maximum Gasteiger partial charge on any atom is 0.251 e. The smallest absolute Gasteiger partial charge is 0.251 e. The third kappa shape index (κ3) is 4.05. The van der Waals surface area contributed by atoms with E-state index in [2.05, 4.69) is 27.3 Å². The zero-order chi connectivity index (χ0) is 23.8. The average Bonchev–Trinajstić information content (AvgIpc) is 3.38. The van der Waals surface area contributed by atoms with E-state index in [0.717, 1.165) is 24.2 Å². The van der Waals surface area contributed by atoms with E-state index in [-0.39, 0.29) is 31.1 Å². The summed E-state index contributed by atoms with van der Waals surface area (Å²) in [4.78, 5) is 32.1. The summed E-state index contributed by atoms with van der Waals surface area (Å²) in [6, 6.07) is 11.1. The van der Waals surface area contributed by atoms with E-state index in [0.29, 0.717) is 41.8 Å². The molecule has 3 aliphatic heterocycles. The predicted octanol–water partition coefficient (Wildman–Crippen LogP) is 2.06. The molecule has 2 aromatic carbocycles. The standard InChI is InChI=1S/C24H26ClN5O4/c25-16-8-9-19(22-15(16)12-30-18(13-31)23(33)28-24(30)27-22)34-21(7-3-6-20(26)32)29-11-10-14-4-1-2-5-17(14)29/h1-2,4-5,8-9,18,21,31H,3,6-7,10-13H2,(H2,26,32)(H,27,28,33). The molecule has 3 heterocycles. The highest BCUT2D eigenvalue weighted by molar-refractivity contribution is 6.32. The number of fused-ring (bicyclic) bond motifs is 3. The minimum Gasteiger partial charge on any atom is -0.468 e. The molecule has 0 saturated carbocycles. The molecular formula is C24H26ClN5O4. The van der Waals surface area contributed by atoms with Crippen molar-refractivity contribution in [3.05, 3.63) is 52.5 Å². The van der Waals surface area contributed by atoms with E-state index in [4.69, 9.17) is 22.1 Å². The highest BCUT2D eigenvalue weighted by Crippen LogP contribution is 2.42. The highest BCUT2D eigenvalue weighted by Gasteiger charge is 2.40. The van der Waals surface area contributed by atoms with Gasteiger partial charge in [0, 0.05) is 35.7 Å². The number of para-hydroxylation sites is 1. The molecule has 178 valence electrons. The quantitative estimate of drug-likeness (QED) is 0.528. The number of anilines is 1. The fourth-order valence-electron chi connectivity index (χ4n) is 4.79. The number of hydrogen-bond donors (Lipinski definition) is 3. The number of carbonyl (C=O) groups is 2. The van der Waals surface area contributed by atoms with Gasteiger partial charge in [0.05, 0.1) is 13.2 Å². The molecular weight excluding hydrogens is 458 g/mol. The minimum atomic E-state index is -0.699. The molecule has 34 heavy (non-hydrogen) atoms. The van der Waals surface area contributed by atoms with E-state index >= 15 is 0 Å². The van der Waals surface area contributed by atoms with Crippen LogP contribution in [0.4, 0.5) is 11.4 Å². The van der Waals surface area contributed by atoms with Gasteiger partial charge in [-0.1, -0.05) is 29.8 Å². The van der Waals surface area contributed by atoms with Crippen molar-refractivity contribution in [1.82, 2.24) is 10.2 Å². The maximum absolute atomic E-state index is 12.2. The summed E-state index contributed by atoms with van der Waals surface area (Å²) in [5.74, 6) is 0.277. The van der Waals surface area contributed by atoms with E-state index < -0.39 is 6.04 Å². The van der Waals surface area contributed by atoms with Crippen LogP contribution in [0, 0.1) is 0 Å². The second kappa shape index (κ2) is 9.15. The van der Waals surface area contributed by atoms with Crippen molar-refractivity contribution >= 4 is 40.7 Å². The first-order chi connectivity index (χ1) is 16.5. The molecule has 0 bridgehead atoms. The number of rotatable bonds is 8. The second-order valence-electron chi connectivity index (χ2n) is 8.63. The van der Waals surface area contributed by atoms with Gasteiger partial charge in [0.25, 0.3) is 5.91 Å². The number of ether oxygens (including phenoxy) is 1. The van der Waals surface area contributed by atoms with Gasteiger partial charge in [0.15, 0.2) is 6.23 Å². The van der Waals surface area contributed by atoms with Crippen LogP contribution in [0.15, 0.2) is 41.4 Å². The van der Waals surface area contributed by atoms with Gasteiger partial charge >= 0.3 is 0 Å². The van der Waals surface area contributed by atoms with Crippen molar-refractivity contribution < 1.29 is 19.4 Å². The number of nitrogens with one attached hydrogen (secondary N) is 1. The molecule has 3 aliphatic rings. The summed E-state index contributed by atoms with van der Waals surface area (Å²) in [5, 5.41) is 12.9. The Morgan fingerprint density at radius 3 is 2.94 bits per heavy atom. The summed E-state index contributed by atoms with van der Waals surface area (Å²) in [6.07, 6.45) is 2.04. The lowest BCUT2D eigenvalue weighted by Gasteiger charge is -2.33. The number of guanidine groups is 1. The molecule has 4 N–H and O–H groups in total. The first kappa shape index (κ1) is 22.5.